The molecule has 2 atom stereocenters. The highest BCUT2D eigenvalue weighted by Crippen LogP contribution is 2.36. The number of benzene rings is 1. The van der Waals surface area contributed by atoms with Gasteiger partial charge >= 0.3 is 0 Å². The maximum atomic E-state index is 12.9. The monoisotopic (exact) mass is 219 g/mol. The molecule has 1 saturated carbocycles. The minimum atomic E-state index is -0.180. The van der Waals surface area contributed by atoms with Crippen molar-refractivity contribution in [1.82, 2.24) is 0 Å². The van der Waals surface area contributed by atoms with Gasteiger partial charge in [-0.2, -0.15) is 0 Å². The van der Waals surface area contributed by atoms with E-state index < -0.39 is 0 Å². The molecule has 3 heteroatoms. The lowest BCUT2D eigenvalue weighted by molar-refractivity contribution is 0.152. The third kappa shape index (κ3) is 1.60. The molecule has 1 aromatic rings. The summed E-state index contributed by atoms with van der Waals surface area (Å²) in [5.74, 6) is 0.645. The number of halogens is 1. The Labute approximate surface area is 94.1 Å². The number of oxime groups is 1. The van der Waals surface area contributed by atoms with Gasteiger partial charge in [0.1, 0.15) is 12.4 Å². The molecule has 0 bridgehead atoms. The first-order valence-electron chi connectivity index (χ1n) is 5.80. The molecular formula is C13H14FNO. The number of fused-ring (bicyclic) bond motifs is 1. The van der Waals surface area contributed by atoms with E-state index in [4.69, 9.17) is 4.84 Å². The third-order valence-corrected chi connectivity index (χ3v) is 3.54. The van der Waals surface area contributed by atoms with Crippen LogP contribution in [-0.2, 0) is 4.84 Å². The molecule has 0 unspecified atom stereocenters. The van der Waals surface area contributed by atoms with Crippen molar-refractivity contribution in [3.05, 3.63) is 35.6 Å². The summed E-state index contributed by atoms with van der Waals surface area (Å²) in [5.41, 5.74) is 2.33. The van der Waals surface area contributed by atoms with Gasteiger partial charge in [0.25, 0.3) is 0 Å². The second-order valence-electron chi connectivity index (χ2n) is 4.54. The van der Waals surface area contributed by atoms with Crippen molar-refractivity contribution in [3.8, 4) is 0 Å². The third-order valence-electron chi connectivity index (χ3n) is 3.54. The number of nitrogens with zero attached hydrogens (tertiary/aromatic N) is 1. The van der Waals surface area contributed by atoms with Gasteiger partial charge in [-0.1, -0.05) is 23.7 Å². The van der Waals surface area contributed by atoms with Gasteiger partial charge in [-0.3, -0.25) is 0 Å². The molecule has 1 aromatic carbocycles. The molecule has 2 aliphatic rings. The average molecular weight is 219 g/mol. The van der Waals surface area contributed by atoms with Crippen LogP contribution in [-0.4, -0.2) is 12.3 Å². The molecule has 0 amide bonds. The Morgan fingerprint density at radius 3 is 2.81 bits per heavy atom. The smallest absolute Gasteiger partial charge is 0.125 e. The van der Waals surface area contributed by atoms with Gasteiger partial charge in [0.05, 0.1) is 5.71 Å². The zero-order valence-corrected chi connectivity index (χ0v) is 9.03. The van der Waals surface area contributed by atoms with Gasteiger partial charge in [-0.05, 0) is 30.5 Å². The van der Waals surface area contributed by atoms with Crippen molar-refractivity contribution >= 4 is 5.71 Å². The molecule has 3 rings (SSSR count). The van der Waals surface area contributed by atoms with Gasteiger partial charge in [0.15, 0.2) is 0 Å². The maximum absolute atomic E-state index is 12.9. The lowest BCUT2D eigenvalue weighted by Crippen LogP contribution is -2.25. The molecule has 16 heavy (non-hydrogen) atoms. The van der Waals surface area contributed by atoms with E-state index in [9.17, 15) is 4.39 Å². The van der Waals surface area contributed by atoms with Crippen LogP contribution in [0.1, 0.15) is 30.7 Å². The Hall–Kier alpha value is -1.38. The van der Waals surface area contributed by atoms with E-state index >= 15 is 0 Å². The molecule has 1 aliphatic heterocycles. The largest absolute Gasteiger partial charge is 0.395 e. The Bertz CT molecular complexity index is 412. The van der Waals surface area contributed by atoms with E-state index in [0.717, 1.165) is 24.3 Å². The Balaban J connectivity index is 1.91. The molecule has 1 aliphatic carbocycles. The highest BCUT2D eigenvalue weighted by Gasteiger charge is 2.34. The van der Waals surface area contributed by atoms with Gasteiger partial charge < -0.3 is 4.84 Å². The van der Waals surface area contributed by atoms with Crippen molar-refractivity contribution in [2.24, 2.45) is 11.1 Å². The van der Waals surface area contributed by atoms with Gasteiger partial charge in [0.2, 0.25) is 0 Å². The van der Waals surface area contributed by atoms with Gasteiger partial charge in [0, 0.05) is 11.8 Å². The molecule has 84 valence electrons. The highest BCUT2D eigenvalue weighted by atomic mass is 19.1. The van der Waals surface area contributed by atoms with Crippen LogP contribution in [0.4, 0.5) is 4.39 Å². The molecule has 0 spiro atoms. The number of hydrogen-bond donors (Lipinski definition) is 0. The van der Waals surface area contributed by atoms with E-state index in [1.807, 2.05) is 12.1 Å². The van der Waals surface area contributed by atoms with Crippen molar-refractivity contribution in [2.75, 3.05) is 6.61 Å². The Kier molecular flexibility index (Phi) is 2.39. The normalized spacial score (nSPS) is 28.2. The zero-order chi connectivity index (χ0) is 11.0. The predicted molar refractivity (Wildman–Crippen MR) is 59.9 cm³/mol. The molecule has 0 saturated heterocycles. The first-order chi connectivity index (χ1) is 7.84. The SMILES string of the molecule is Fc1ccc([C@@H]2CCC[C@H]3CON=C32)cc1. The van der Waals surface area contributed by atoms with Crippen LogP contribution in [0.5, 0.6) is 0 Å². The second-order valence-corrected chi connectivity index (χ2v) is 4.54. The lowest BCUT2D eigenvalue weighted by Gasteiger charge is -2.25. The first-order valence-corrected chi connectivity index (χ1v) is 5.80. The summed E-state index contributed by atoms with van der Waals surface area (Å²) < 4.78 is 12.9. The standard InChI is InChI=1S/C13H14FNO/c14-11-6-4-9(5-7-11)12-3-1-2-10-8-16-15-13(10)12/h4-7,10,12H,1-3,8H2/t10-,12-/m0/s1. The summed E-state index contributed by atoms with van der Waals surface area (Å²) in [4.78, 5) is 5.18. The maximum Gasteiger partial charge on any atom is 0.125 e. The fourth-order valence-electron chi connectivity index (χ4n) is 2.69. The van der Waals surface area contributed by atoms with Crippen LogP contribution in [0.25, 0.3) is 0 Å². The summed E-state index contributed by atoms with van der Waals surface area (Å²) in [6.45, 7) is 0.729. The zero-order valence-electron chi connectivity index (χ0n) is 9.03. The van der Waals surface area contributed by atoms with Crippen LogP contribution in [0, 0.1) is 11.7 Å². The number of hydrogen-bond acceptors (Lipinski definition) is 2. The van der Waals surface area contributed by atoms with Gasteiger partial charge in [-0.15, -0.1) is 0 Å². The fourth-order valence-corrected chi connectivity index (χ4v) is 2.69. The molecule has 2 nitrogen and oxygen atoms in total. The summed E-state index contributed by atoms with van der Waals surface area (Å²) >= 11 is 0. The molecular weight excluding hydrogens is 205 g/mol. The van der Waals surface area contributed by atoms with E-state index in [1.165, 1.54) is 25.0 Å². The lowest BCUT2D eigenvalue weighted by atomic mass is 9.77. The quantitative estimate of drug-likeness (QED) is 0.711. The van der Waals surface area contributed by atoms with Crippen molar-refractivity contribution in [1.29, 1.82) is 0 Å². The average Bonchev–Trinajstić information content (AvgIpc) is 2.78. The topological polar surface area (TPSA) is 21.6 Å². The second kappa shape index (κ2) is 3.89. The van der Waals surface area contributed by atoms with Crippen LogP contribution in [0.2, 0.25) is 0 Å². The minimum Gasteiger partial charge on any atom is -0.395 e. The summed E-state index contributed by atoms with van der Waals surface area (Å²) in [6, 6.07) is 6.77. The van der Waals surface area contributed by atoms with E-state index in [2.05, 4.69) is 5.16 Å². The molecule has 0 radical (unpaired) electrons. The van der Waals surface area contributed by atoms with Crippen LogP contribution < -0.4 is 0 Å². The van der Waals surface area contributed by atoms with Crippen molar-refractivity contribution < 1.29 is 9.23 Å². The highest BCUT2D eigenvalue weighted by molar-refractivity contribution is 5.94. The van der Waals surface area contributed by atoms with Crippen LogP contribution >= 0.6 is 0 Å². The first kappa shape index (κ1) is 9.82. The summed E-state index contributed by atoms with van der Waals surface area (Å²) in [5, 5.41) is 4.16. The van der Waals surface area contributed by atoms with Gasteiger partial charge in [-0.25, -0.2) is 4.39 Å². The van der Waals surface area contributed by atoms with E-state index in [1.54, 1.807) is 0 Å². The Morgan fingerprint density at radius 2 is 2.00 bits per heavy atom. The van der Waals surface area contributed by atoms with Crippen LogP contribution in [0.15, 0.2) is 29.4 Å². The van der Waals surface area contributed by atoms with E-state index in [0.29, 0.717) is 11.8 Å². The molecule has 0 N–H and O–H groups in total. The molecule has 1 fully saturated rings. The fraction of sp³-hybridized carbons (Fsp3) is 0.462. The molecule has 0 aromatic heterocycles. The van der Waals surface area contributed by atoms with Crippen LogP contribution in [0.3, 0.4) is 0 Å². The Morgan fingerprint density at radius 1 is 1.19 bits per heavy atom. The van der Waals surface area contributed by atoms with Crippen molar-refractivity contribution in [2.45, 2.75) is 25.2 Å². The summed E-state index contributed by atoms with van der Waals surface area (Å²) in [7, 11) is 0. The van der Waals surface area contributed by atoms with E-state index in [-0.39, 0.29) is 5.82 Å². The minimum absolute atomic E-state index is 0.180. The predicted octanol–water partition coefficient (Wildman–Crippen LogP) is 3.10. The molecule has 1 heterocycles. The summed E-state index contributed by atoms with van der Waals surface area (Å²) in [6.07, 6.45) is 3.48. The van der Waals surface area contributed by atoms with Crippen molar-refractivity contribution in [3.63, 3.8) is 0 Å². The number of rotatable bonds is 1.